The van der Waals surface area contributed by atoms with E-state index in [9.17, 15) is 9.59 Å². The van der Waals surface area contributed by atoms with Crippen LogP contribution in [0.25, 0.3) is 0 Å². The van der Waals surface area contributed by atoms with Crippen molar-refractivity contribution in [3.05, 3.63) is 0 Å². The third-order valence-electron chi connectivity index (χ3n) is 3.16. The molecule has 18 heavy (non-hydrogen) atoms. The Morgan fingerprint density at radius 3 is 2.28 bits per heavy atom. The van der Waals surface area contributed by atoms with E-state index in [0.29, 0.717) is 25.9 Å². The number of carbonyl (C=O) groups excluding carboxylic acids is 2. The Hall–Kier alpha value is -1.50. The number of rotatable bonds is 3. The van der Waals surface area contributed by atoms with E-state index in [1.165, 1.54) is 0 Å². The smallest absolute Gasteiger partial charge is 0.310 e. The molecule has 1 amide bonds. The molecule has 0 unspecified atom stereocenters. The molecule has 0 bridgehead atoms. The van der Waals surface area contributed by atoms with Gasteiger partial charge in [-0.05, 0) is 19.8 Å². The van der Waals surface area contributed by atoms with Gasteiger partial charge in [-0.1, -0.05) is 19.8 Å². The molecule has 0 aliphatic carbocycles. The number of hydrogen-bond donors (Lipinski definition) is 0. The van der Waals surface area contributed by atoms with E-state index in [1.807, 2.05) is 18.7 Å². The number of piperidine rings is 1. The summed E-state index contributed by atoms with van der Waals surface area (Å²) in [6, 6.07) is 0. The topological polar surface area (TPSA) is 46.6 Å². The van der Waals surface area contributed by atoms with Crippen LogP contribution in [0.4, 0.5) is 0 Å². The van der Waals surface area contributed by atoms with Gasteiger partial charge >= 0.3 is 5.97 Å². The minimum absolute atomic E-state index is 0.00923. The van der Waals surface area contributed by atoms with E-state index in [2.05, 4.69) is 5.92 Å². The van der Waals surface area contributed by atoms with Gasteiger partial charge in [0.05, 0.1) is 5.92 Å². The van der Waals surface area contributed by atoms with Crippen molar-refractivity contribution in [2.24, 2.45) is 11.8 Å². The summed E-state index contributed by atoms with van der Waals surface area (Å²) >= 11 is 0. The van der Waals surface area contributed by atoms with E-state index < -0.39 is 6.10 Å². The highest BCUT2D eigenvalue weighted by Gasteiger charge is 2.29. The minimum Gasteiger partial charge on any atom is -0.449 e. The van der Waals surface area contributed by atoms with Crippen LogP contribution in [0, 0.1) is 24.2 Å². The molecule has 0 saturated carbocycles. The lowest BCUT2D eigenvalue weighted by molar-refractivity contribution is -0.154. The monoisotopic (exact) mass is 251 g/mol. The van der Waals surface area contributed by atoms with Crippen LogP contribution in [-0.4, -0.2) is 36.0 Å². The van der Waals surface area contributed by atoms with E-state index >= 15 is 0 Å². The van der Waals surface area contributed by atoms with E-state index in [-0.39, 0.29) is 23.7 Å². The van der Waals surface area contributed by atoms with Gasteiger partial charge in [0.1, 0.15) is 0 Å². The van der Waals surface area contributed by atoms with Crippen molar-refractivity contribution in [3.8, 4) is 12.3 Å². The van der Waals surface area contributed by atoms with Gasteiger partial charge in [0.15, 0.2) is 6.10 Å². The van der Waals surface area contributed by atoms with Gasteiger partial charge in [-0.3, -0.25) is 9.59 Å². The Morgan fingerprint density at radius 2 is 1.83 bits per heavy atom. The van der Waals surface area contributed by atoms with Crippen LogP contribution in [0.1, 0.15) is 33.6 Å². The Labute approximate surface area is 109 Å². The summed E-state index contributed by atoms with van der Waals surface area (Å²) in [5, 5.41) is 0. The molecule has 4 heteroatoms. The van der Waals surface area contributed by atoms with Crippen LogP contribution >= 0.6 is 0 Å². The van der Waals surface area contributed by atoms with Crippen molar-refractivity contribution in [1.82, 2.24) is 4.90 Å². The number of ether oxygens (including phenoxy) is 1. The highest BCUT2D eigenvalue weighted by Crippen LogP contribution is 2.20. The first kappa shape index (κ1) is 14.6. The average molecular weight is 251 g/mol. The molecule has 1 aliphatic heterocycles. The number of amides is 1. The summed E-state index contributed by atoms with van der Waals surface area (Å²) in [4.78, 5) is 25.4. The zero-order chi connectivity index (χ0) is 13.7. The predicted molar refractivity (Wildman–Crippen MR) is 68.5 cm³/mol. The molecule has 1 fully saturated rings. The highest BCUT2D eigenvalue weighted by atomic mass is 16.5. The van der Waals surface area contributed by atoms with Crippen molar-refractivity contribution in [2.45, 2.75) is 39.7 Å². The van der Waals surface area contributed by atoms with Crippen LogP contribution in [-0.2, 0) is 14.3 Å². The van der Waals surface area contributed by atoms with Crippen molar-refractivity contribution >= 4 is 11.9 Å². The van der Waals surface area contributed by atoms with Crippen molar-refractivity contribution in [1.29, 1.82) is 0 Å². The van der Waals surface area contributed by atoms with E-state index in [4.69, 9.17) is 11.2 Å². The Morgan fingerprint density at radius 1 is 1.28 bits per heavy atom. The van der Waals surface area contributed by atoms with Gasteiger partial charge in [0.25, 0.3) is 0 Å². The SMILES string of the molecule is C#C[C@@H](C)OC(=O)C1CCN(C(=O)C(C)C)CC1. The molecular formula is C14H21NO3. The van der Waals surface area contributed by atoms with Crippen LogP contribution in [0.5, 0.6) is 0 Å². The zero-order valence-electron chi connectivity index (χ0n) is 11.3. The number of hydrogen-bond acceptors (Lipinski definition) is 3. The highest BCUT2D eigenvalue weighted by molar-refractivity contribution is 5.79. The second kappa shape index (κ2) is 6.44. The van der Waals surface area contributed by atoms with Crippen molar-refractivity contribution < 1.29 is 14.3 Å². The van der Waals surface area contributed by atoms with Gasteiger partial charge in [-0.15, -0.1) is 6.42 Å². The second-order valence-electron chi connectivity index (χ2n) is 5.00. The fourth-order valence-corrected chi connectivity index (χ4v) is 2.01. The lowest BCUT2D eigenvalue weighted by Gasteiger charge is -2.32. The van der Waals surface area contributed by atoms with Gasteiger partial charge in [-0.25, -0.2) is 0 Å². The fraction of sp³-hybridized carbons (Fsp3) is 0.714. The number of nitrogens with zero attached hydrogens (tertiary/aromatic N) is 1. The molecule has 1 rings (SSSR count). The first-order chi connectivity index (χ1) is 8.45. The first-order valence-electron chi connectivity index (χ1n) is 6.41. The standard InChI is InChI=1S/C14H21NO3/c1-5-11(4)18-14(17)12-6-8-15(9-7-12)13(16)10(2)3/h1,10-12H,6-9H2,2-4H3/t11-/m1/s1. The molecule has 1 aliphatic rings. The molecule has 0 N–H and O–H groups in total. The van der Waals surface area contributed by atoms with Crippen LogP contribution in [0.15, 0.2) is 0 Å². The fourth-order valence-electron chi connectivity index (χ4n) is 2.01. The molecular weight excluding hydrogens is 230 g/mol. The summed E-state index contributed by atoms with van der Waals surface area (Å²) in [7, 11) is 0. The average Bonchev–Trinajstić information content (AvgIpc) is 2.37. The lowest BCUT2D eigenvalue weighted by atomic mass is 9.96. The molecule has 1 atom stereocenters. The van der Waals surface area contributed by atoms with E-state index in [0.717, 1.165) is 0 Å². The summed E-state index contributed by atoms with van der Waals surface area (Å²) in [5.74, 6) is 2.16. The number of carbonyl (C=O) groups is 2. The maximum Gasteiger partial charge on any atom is 0.310 e. The maximum atomic E-state index is 11.8. The van der Waals surface area contributed by atoms with Gasteiger partial charge in [0, 0.05) is 19.0 Å². The third-order valence-corrected chi connectivity index (χ3v) is 3.16. The van der Waals surface area contributed by atoms with Gasteiger partial charge in [0.2, 0.25) is 5.91 Å². The van der Waals surface area contributed by atoms with E-state index in [1.54, 1.807) is 6.92 Å². The molecule has 4 nitrogen and oxygen atoms in total. The normalized spacial score (nSPS) is 18.3. The van der Waals surface area contributed by atoms with Crippen LogP contribution in [0.2, 0.25) is 0 Å². The Kier molecular flexibility index (Phi) is 5.21. The van der Waals surface area contributed by atoms with Gasteiger partial charge < -0.3 is 9.64 Å². The predicted octanol–water partition coefficient (Wildman–Crippen LogP) is 1.45. The maximum absolute atomic E-state index is 11.8. The molecule has 0 radical (unpaired) electrons. The summed E-state index contributed by atoms with van der Waals surface area (Å²) in [6.07, 6.45) is 6.01. The molecule has 0 spiro atoms. The number of esters is 1. The molecule has 0 aromatic rings. The van der Waals surface area contributed by atoms with Crippen molar-refractivity contribution in [3.63, 3.8) is 0 Å². The quantitative estimate of drug-likeness (QED) is 0.563. The largest absolute Gasteiger partial charge is 0.449 e. The molecule has 0 aromatic carbocycles. The summed E-state index contributed by atoms with van der Waals surface area (Å²) < 4.78 is 5.10. The zero-order valence-corrected chi connectivity index (χ0v) is 11.3. The van der Waals surface area contributed by atoms with Crippen molar-refractivity contribution in [2.75, 3.05) is 13.1 Å². The summed E-state index contributed by atoms with van der Waals surface area (Å²) in [6.45, 7) is 6.70. The molecule has 100 valence electrons. The number of likely N-dealkylation sites (tertiary alicyclic amines) is 1. The molecule has 1 heterocycles. The Balaban J connectivity index is 2.42. The third kappa shape index (κ3) is 3.76. The Bertz CT molecular complexity index is 349. The summed E-state index contributed by atoms with van der Waals surface area (Å²) in [5.41, 5.74) is 0. The molecule has 1 saturated heterocycles. The van der Waals surface area contributed by atoms with Gasteiger partial charge in [-0.2, -0.15) is 0 Å². The number of terminal acetylenes is 1. The molecule has 0 aromatic heterocycles. The second-order valence-corrected chi connectivity index (χ2v) is 5.00. The van der Waals surface area contributed by atoms with Crippen LogP contribution < -0.4 is 0 Å². The van der Waals surface area contributed by atoms with Crippen LogP contribution in [0.3, 0.4) is 0 Å². The minimum atomic E-state index is -0.479. The lowest BCUT2D eigenvalue weighted by Crippen LogP contribution is -2.42. The first-order valence-corrected chi connectivity index (χ1v) is 6.41.